The molecular formula is C15H9Br2FN2O. The summed E-state index contributed by atoms with van der Waals surface area (Å²) in [6, 6.07) is 9.79. The van der Waals surface area contributed by atoms with Crippen molar-refractivity contribution in [2.45, 2.75) is 6.54 Å². The topological polar surface area (TPSA) is 34.9 Å². The van der Waals surface area contributed by atoms with Gasteiger partial charge in [-0.25, -0.2) is 9.37 Å². The average Bonchev–Trinajstić information content (AvgIpc) is 2.45. The molecule has 2 aromatic carbocycles. The monoisotopic (exact) mass is 410 g/mol. The summed E-state index contributed by atoms with van der Waals surface area (Å²) in [5.74, 6) is -0.321. The fourth-order valence-corrected chi connectivity index (χ4v) is 2.91. The number of aromatic nitrogens is 2. The summed E-state index contributed by atoms with van der Waals surface area (Å²) < 4.78 is 16.1. The minimum atomic E-state index is -0.321. The van der Waals surface area contributed by atoms with Crippen LogP contribution in [-0.4, -0.2) is 9.55 Å². The molecule has 0 aliphatic carbocycles. The Morgan fingerprint density at radius 1 is 1.14 bits per heavy atom. The number of hydrogen-bond acceptors (Lipinski definition) is 2. The molecule has 0 spiro atoms. The van der Waals surface area contributed by atoms with Crippen LogP contribution >= 0.6 is 31.9 Å². The molecule has 3 aromatic rings. The first kappa shape index (κ1) is 14.4. The molecule has 0 fully saturated rings. The maximum absolute atomic E-state index is 13.1. The molecule has 0 amide bonds. The Bertz CT molecular complexity index is 892. The van der Waals surface area contributed by atoms with Gasteiger partial charge in [0.2, 0.25) is 0 Å². The minimum Gasteiger partial charge on any atom is -0.294 e. The first-order chi connectivity index (χ1) is 10.0. The zero-order valence-corrected chi connectivity index (χ0v) is 13.9. The Balaban J connectivity index is 2.09. The lowest BCUT2D eigenvalue weighted by atomic mass is 10.2. The van der Waals surface area contributed by atoms with Crippen LogP contribution in [-0.2, 0) is 6.54 Å². The summed E-state index contributed by atoms with van der Waals surface area (Å²) in [5.41, 5.74) is 1.34. The van der Waals surface area contributed by atoms with Crippen molar-refractivity contribution in [2.24, 2.45) is 0 Å². The zero-order chi connectivity index (χ0) is 15.0. The van der Waals surface area contributed by atoms with Crippen LogP contribution in [0.25, 0.3) is 10.9 Å². The normalized spacial score (nSPS) is 11.0. The van der Waals surface area contributed by atoms with E-state index in [1.807, 2.05) is 6.07 Å². The molecule has 0 saturated carbocycles. The van der Waals surface area contributed by atoms with E-state index in [2.05, 4.69) is 36.8 Å². The smallest absolute Gasteiger partial charge is 0.261 e. The van der Waals surface area contributed by atoms with Crippen molar-refractivity contribution in [1.82, 2.24) is 9.55 Å². The molecule has 0 bridgehead atoms. The van der Waals surface area contributed by atoms with E-state index in [9.17, 15) is 9.18 Å². The average molecular weight is 412 g/mol. The van der Waals surface area contributed by atoms with Gasteiger partial charge in [-0.2, -0.15) is 0 Å². The van der Waals surface area contributed by atoms with Crippen molar-refractivity contribution >= 4 is 42.8 Å². The van der Waals surface area contributed by atoms with E-state index in [1.165, 1.54) is 23.0 Å². The fraction of sp³-hybridized carbons (Fsp3) is 0.0667. The second-order valence-electron chi connectivity index (χ2n) is 4.57. The highest BCUT2D eigenvalue weighted by Crippen LogP contribution is 2.19. The molecule has 0 atom stereocenters. The lowest BCUT2D eigenvalue weighted by molar-refractivity contribution is 0.624. The standard InChI is InChI=1S/C15H9Br2FN2O/c16-10-2-4-14-12(5-10)15(21)20(8-19-14)7-9-1-3-11(18)6-13(9)17/h1-6,8H,7H2. The molecule has 0 aliphatic heterocycles. The van der Waals surface area contributed by atoms with E-state index in [1.54, 1.807) is 18.2 Å². The number of nitrogens with zero attached hydrogens (tertiary/aromatic N) is 2. The third-order valence-corrected chi connectivity index (χ3v) is 4.37. The van der Waals surface area contributed by atoms with Crippen molar-refractivity contribution < 1.29 is 4.39 Å². The summed E-state index contributed by atoms with van der Waals surface area (Å²) in [5, 5.41) is 0.546. The van der Waals surface area contributed by atoms with Crippen molar-refractivity contribution in [3.63, 3.8) is 0 Å². The van der Waals surface area contributed by atoms with Crippen LogP contribution in [0.2, 0.25) is 0 Å². The fourth-order valence-electron chi connectivity index (χ4n) is 2.08. The molecule has 1 heterocycles. The second-order valence-corrected chi connectivity index (χ2v) is 6.34. The van der Waals surface area contributed by atoms with Crippen LogP contribution < -0.4 is 5.56 Å². The quantitative estimate of drug-likeness (QED) is 0.636. The van der Waals surface area contributed by atoms with Gasteiger partial charge in [0.05, 0.1) is 23.8 Å². The van der Waals surface area contributed by atoms with E-state index in [-0.39, 0.29) is 11.4 Å². The third-order valence-electron chi connectivity index (χ3n) is 3.14. The number of halogens is 3. The van der Waals surface area contributed by atoms with Gasteiger partial charge in [0.15, 0.2) is 0 Å². The van der Waals surface area contributed by atoms with Crippen LogP contribution in [0.1, 0.15) is 5.56 Å². The highest BCUT2D eigenvalue weighted by Gasteiger charge is 2.07. The molecule has 0 N–H and O–H groups in total. The van der Waals surface area contributed by atoms with Gasteiger partial charge in [-0.05, 0) is 35.9 Å². The van der Waals surface area contributed by atoms with Gasteiger partial charge in [0, 0.05) is 8.95 Å². The molecule has 3 rings (SSSR count). The molecule has 0 radical (unpaired) electrons. The molecule has 0 saturated heterocycles. The van der Waals surface area contributed by atoms with Gasteiger partial charge in [0.1, 0.15) is 5.82 Å². The summed E-state index contributed by atoms with van der Waals surface area (Å²) in [6.07, 6.45) is 1.51. The Kier molecular flexibility index (Phi) is 3.91. The van der Waals surface area contributed by atoms with E-state index in [0.717, 1.165) is 10.0 Å². The highest BCUT2D eigenvalue weighted by atomic mass is 79.9. The molecule has 0 unspecified atom stereocenters. The van der Waals surface area contributed by atoms with Crippen molar-refractivity contribution in [1.29, 1.82) is 0 Å². The lowest BCUT2D eigenvalue weighted by Crippen LogP contribution is -2.21. The zero-order valence-electron chi connectivity index (χ0n) is 10.7. The van der Waals surface area contributed by atoms with Crippen LogP contribution in [0, 0.1) is 5.82 Å². The van der Waals surface area contributed by atoms with Gasteiger partial charge in [-0.1, -0.05) is 37.9 Å². The highest BCUT2D eigenvalue weighted by molar-refractivity contribution is 9.10. The van der Waals surface area contributed by atoms with Crippen LogP contribution in [0.5, 0.6) is 0 Å². The van der Waals surface area contributed by atoms with Gasteiger partial charge in [0.25, 0.3) is 5.56 Å². The maximum atomic E-state index is 13.1. The molecule has 21 heavy (non-hydrogen) atoms. The van der Waals surface area contributed by atoms with E-state index < -0.39 is 0 Å². The van der Waals surface area contributed by atoms with Crippen molar-refractivity contribution in [3.8, 4) is 0 Å². The van der Waals surface area contributed by atoms with Gasteiger partial charge in [-0.15, -0.1) is 0 Å². The summed E-state index contributed by atoms with van der Waals surface area (Å²) in [4.78, 5) is 16.8. The van der Waals surface area contributed by atoms with Gasteiger partial charge in [-0.3, -0.25) is 9.36 Å². The predicted molar refractivity (Wildman–Crippen MR) is 86.9 cm³/mol. The number of rotatable bonds is 2. The summed E-state index contributed by atoms with van der Waals surface area (Å²) in [7, 11) is 0. The number of hydrogen-bond donors (Lipinski definition) is 0. The van der Waals surface area contributed by atoms with E-state index in [0.29, 0.717) is 21.9 Å². The Hall–Kier alpha value is -1.53. The number of fused-ring (bicyclic) bond motifs is 1. The van der Waals surface area contributed by atoms with Crippen LogP contribution in [0.3, 0.4) is 0 Å². The first-order valence-electron chi connectivity index (χ1n) is 6.13. The first-order valence-corrected chi connectivity index (χ1v) is 7.72. The molecule has 6 heteroatoms. The molecular weight excluding hydrogens is 403 g/mol. The summed E-state index contributed by atoms with van der Waals surface area (Å²) in [6.45, 7) is 0.329. The Labute approximate surface area is 136 Å². The predicted octanol–water partition coefficient (Wildman–Crippen LogP) is 4.11. The van der Waals surface area contributed by atoms with Gasteiger partial charge >= 0.3 is 0 Å². The van der Waals surface area contributed by atoms with E-state index in [4.69, 9.17) is 0 Å². The SMILES string of the molecule is O=c1c2cc(Br)ccc2ncn1Cc1ccc(F)cc1Br. The molecule has 3 nitrogen and oxygen atoms in total. The summed E-state index contributed by atoms with van der Waals surface area (Å²) >= 11 is 6.66. The third kappa shape index (κ3) is 2.91. The lowest BCUT2D eigenvalue weighted by Gasteiger charge is -2.08. The van der Waals surface area contributed by atoms with Crippen molar-refractivity contribution in [2.75, 3.05) is 0 Å². The Morgan fingerprint density at radius 3 is 2.71 bits per heavy atom. The Morgan fingerprint density at radius 2 is 1.95 bits per heavy atom. The molecule has 1 aromatic heterocycles. The van der Waals surface area contributed by atoms with Crippen LogP contribution in [0.15, 0.2) is 56.5 Å². The van der Waals surface area contributed by atoms with Crippen LogP contribution in [0.4, 0.5) is 4.39 Å². The van der Waals surface area contributed by atoms with Crippen molar-refractivity contribution in [3.05, 3.63) is 73.4 Å². The van der Waals surface area contributed by atoms with Gasteiger partial charge < -0.3 is 0 Å². The van der Waals surface area contributed by atoms with E-state index >= 15 is 0 Å². The molecule has 0 aliphatic rings. The second kappa shape index (κ2) is 5.69. The maximum Gasteiger partial charge on any atom is 0.261 e. The molecule has 106 valence electrons. The minimum absolute atomic E-state index is 0.127. The number of benzene rings is 2. The largest absolute Gasteiger partial charge is 0.294 e.